The molecule has 1 aliphatic rings. The number of rotatable bonds is 1. The molecule has 0 aliphatic carbocycles. The van der Waals surface area contributed by atoms with Gasteiger partial charge in [-0.2, -0.15) is 5.26 Å². The molecule has 1 N–H and O–H groups in total. The molecule has 0 bridgehead atoms. The fourth-order valence-corrected chi connectivity index (χ4v) is 3.20. The highest BCUT2D eigenvalue weighted by atomic mass is 19.1. The number of nitriles is 1. The van der Waals surface area contributed by atoms with Crippen LogP contribution >= 0.6 is 0 Å². The molecule has 0 saturated carbocycles. The van der Waals surface area contributed by atoms with Crippen LogP contribution in [0.25, 0.3) is 22.0 Å². The number of nitrogens with zero attached hydrogens (tertiary/aromatic N) is 2. The lowest BCUT2D eigenvalue weighted by Gasteiger charge is -2.18. The molecule has 0 fully saturated rings. The number of benzene rings is 2. The van der Waals surface area contributed by atoms with Crippen LogP contribution in [0.1, 0.15) is 16.1 Å². The van der Waals surface area contributed by atoms with E-state index < -0.39 is 11.6 Å². The first-order chi connectivity index (χ1) is 11.6. The Balaban J connectivity index is 2.10. The molecule has 1 amide bonds. The van der Waals surface area contributed by atoms with Gasteiger partial charge < -0.3 is 9.88 Å². The standard InChI is InChI=1S/C18H11F2N3O/c19-13-5-11(6-14(20)8-13)15-4-10(9-21)3-12-7-16-18(24)22-1-2-23(16)17(12)15/h3-8H,1-2H2,(H,22,24). The Hall–Kier alpha value is -3.20. The van der Waals surface area contributed by atoms with Crippen molar-refractivity contribution in [3.05, 3.63) is 59.3 Å². The molecule has 4 nitrogen and oxygen atoms in total. The molecule has 0 atom stereocenters. The van der Waals surface area contributed by atoms with Crippen LogP contribution in [0, 0.1) is 23.0 Å². The summed E-state index contributed by atoms with van der Waals surface area (Å²) in [5.74, 6) is -1.58. The van der Waals surface area contributed by atoms with Gasteiger partial charge in [0.15, 0.2) is 0 Å². The minimum atomic E-state index is -0.691. The van der Waals surface area contributed by atoms with Gasteiger partial charge in [0.25, 0.3) is 5.91 Å². The molecule has 1 aliphatic heterocycles. The molecule has 2 heterocycles. The maximum absolute atomic E-state index is 13.6. The topological polar surface area (TPSA) is 57.8 Å². The summed E-state index contributed by atoms with van der Waals surface area (Å²) in [6.07, 6.45) is 0. The lowest BCUT2D eigenvalue weighted by atomic mass is 10.00. The van der Waals surface area contributed by atoms with E-state index in [9.17, 15) is 18.8 Å². The summed E-state index contributed by atoms with van der Waals surface area (Å²) in [6, 6.07) is 10.3. The van der Waals surface area contributed by atoms with Gasteiger partial charge in [-0.25, -0.2) is 8.78 Å². The highest BCUT2D eigenvalue weighted by Gasteiger charge is 2.22. The fraction of sp³-hybridized carbons (Fsp3) is 0.111. The summed E-state index contributed by atoms with van der Waals surface area (Å²) in [5.41, 5.74) is 2.41. The van der Waals surface area contributed by atoms with Crippen LogP contribution in [0.5, 0.6) is 0 Å². The Bertz CT molecular complexity index is 1030. The molecular formula is C18H11F2N3O. The second-order valence-corrected chi connectivity index (χ2v) is 5.67. The average Bonchev–Trinajstić information content (AvgIpc) is 2.93. The number of aromatic nitrogens is 1. The second-order valence-electron chi connectivity index (χ2n) is 5.67. The van der Waals surface area contributed by atoms with Crippen molar-refractivity contribution in [2.45, 2.75) is 6.54 Å². The Morgan fingerprint density at radius 1 is 1.08 bits per heavy atom. The Labute approximate surface area is 135 Å². The van der Waals surface area contributed by atoms with Crippen molar-refractivity contribution in [2.75, 3.05) is 6.54 Å². The van der Waals surface area contributed by atoms with Crippen LogP contribution in [-0.2, 0) is 6.54 Å². The molecule has 4 rings (SSSR count). The predicted octanol–water partition coefficient (Wildman–Crippen LogP) is 3.20. The zero-order valence-electron chi connectivity index (χ0n) is 12.4. The first kappa shape index (κ1) is 14.4. The van der Waals surface area contributed by atoms with Crippen LogP contribution in [-0.4, -0.2) is 17.0 Å². The Morgan fingerprint density at radius 2 is 1.83 bits per heavy atom. The van der Waals surface area contributed by atoms with Crippen molar-refractivity contribution in [2.24, 2.45) is 0 Å². The molecule has 3 aromatic rings. The van der Waals surface area contributed by atoms with Crippen LogP contribution in [0.4, 0.5) is 8.78 Å². The Kier molecular flexibility index (Phi) is 3.10. The number of halogens is 2. The van der Waals surface area contributed by atoms with E-state index in [2.05, 4.69) is 11.4 Å². The summed E-state index contributed by atoms with van der Waals surface area (Å²) >= 11 is 0. The third-order valence-corrected chi connectivity index (χ3v) is 4.15. The smallest absolute Gasteiger partial charge is 0.268 e. The molecule has 24 heavy (non-hydrogen) atoms. The van der Waals surface area contributed by atoms with Gasteiger partial charge in [-0.05, 0) is 35.9 Å². The van der Waals surface area contributed by atoms with Gasteiger partial charge in [-0.3, -0.25) is 4.79 Å². The number of hydrogen-bond donors (Lipinski definition) is 1. The van der Waals surface area contributed by atoms with Gasteiger partial charge in [-0.1, -0.05) is 0 Å². The molecule has 0 radical (unpaired) electrons. The lowest BCUT2D eigenvalue weighted by Crippen LogP contribution is -2.34. The van der Waals surface area contributed by atoms with Gasteiger partial charge in [0.2, 0.25) is 0 Å². The summed E-state index contributed by atoms with van der Waals surface area (Å²) < 4.78 is 29.1. The van der Waals surface area contributed by atoms with Crippen molar-refractivity contribution < 1.29 is 13.6 Å². The zero-order chi connectivity index (χ0) is 16.8. The van der Waals surface area contributed by atoms with E-state index in [-0.39, 0.29) is 5.91 Å². The molecule has 0 saturated heterocycles. The normalized spacial score (nSPS) is 13.5. The van der Waals surface area contributed by atoms with Crippen molar-refractivity contribution >= 4 is 16.8 Å². The number of carbonyl (C=O) groups excluding carboxylic acids is 1. The van der Waals surface area contributed by atoms with Gasteiger partial charge in [0.1, 0.15) is 17.3 Å². The highest BCUT2D eigenvalue weighted by Crippen LogP contribution is 2.34. The first-order valence-electron chi connectivity index (χ1n) is 7.39. The van der Waals surface area contributed by atoms with E-state index in [4.69, 9.17) is 0 Å². The average molecular weight is 323 g/mol. The Morgan fingerprint density at radius 3 is 2.54 bits per heavy atom. The fourth-order valence-electron chi connectivity index (χ4n) is 3.20. The quantitative estimate of drug-likeness (QED) is 0.747. The van der Waals surface area contributed by atoms with Crippen LogP contribution in [0.3, 0.4) is 0 Å². The maximum Gasteiger partial charge on any atom is 0.268 e. The van der Waals surface area contributed by atoms with E-state index in [1.807, 2.05) is 4.57 Å². The third kappa shape index (κ3) is 2.14. The van der Waals surface area contributed by atoms with Gasteiger partial charge in [0, 0.05) is 30.1 Å². The number of fused-ring (bicyclic) bond motifs is 3. The van der Waals surface area contributed by atoms with E-state index in [0.29, 0.717) is 46.4 Å². The molecular weight excluding hydrogens is 312 g/mol. The molecule has 0 unspecified atom stereocenters. The van der Waals surface area contributed by atoms with Crippen molar-refractivity contribution in [1.82, 2.24) is 9.88 Å². The van der Waals surface area contributed by atoms with Crippen molar-refractivity contribution in [1.29, 1.82) is 5.26 Å². The summed E-state index contributed by atoms with van der Waals surface area (Å²) in [6.45, 7) is 1.04. The third-order valence-electron chi connectivity index (χ3n) is 4.15. The van der Waals surface area contributed by atoms with E-state index in [1.165, 1.54) is 12.1 Å². The van der Waals surface area contributed by atoms with Gasteiger partial charge in [0.05, 0.1) is 17.1 Å². The van der Waals surface area contributed by atoms with E-state index in [0.717, 1.165) is 6.07 Å². The van der Waals surface area contributed by atoms with E-state index >= 15 is 0 Å². The highest BCUT2D eigenvalue weighted by molar-refractivity contribution is 6.04. The lowest BCUT2D eigenvalue weighted by molar-refractivity contribution is 0.0929. The minimum Gasteiger partial charge on any atom is -0.349 e. The molecule has 0 spiro atoms. The number of carbonyl (C=O) groups is 1. The van der Waals surface area contributed by atoms with Crippen LogP contribution < -0.4 is 5.32 Å². The van der Waals surface area contributed by atoms with Crippen molar-refractivity contribution in [3.63, 3.8) is 0 Å². The van der Waals surface area contributed by atoms with E-state index in [1.54, 1.807) is 18.2 Å². The van der Waals surface area contributed by atoms with Crippen LogP contribution in [0.15, 0.2) is 36.4 Å². The zero-order valence-corrected chi connectivity index (χ0v) is 12.4. The van der Waals surface area contributed by atoms with Crippen LogP contribution in [0.2, 0.25) is 0 Å². The minimum absolute atomic E-state index is 0.202. The number of hydrogen-bond acceptors (Lipinski definition) is 2. The molecule has 6 heteroatoms. The summed E-state index contributed by atoms with van der Waals surface area (Å²) in [5, 5.41) is 12.7. The maximum atomic E-state index is 13.6. The largest absolute Gasteiger partial charge is 0.349 e. The summed E-state index contributed by atoms with van der Waals surface area (Å²) in [4.78, 5) is 12.0. The van der Waals surface area contributed by atoms with Gasteiger partial charge >= 0.3 is 0 Å². The van der Waals surface area contributed by atoms with Gasteiger partial charge in [-0.15, -0.1) is 0 Å². The molecule has 1 aromatic heterocycles. The first-order valence-corrected chi connectivity index (χ1v) is 7.39. The second kappa shape index (κ2) is 5.17. The predicted molar refractivity (Wildman–Crippen MR) is 84.3 cm³/mol. The van der Waals surface area contributed by atoms with Crippen molar-refractivity contribution in [3.8, 4) is 17.2 Å². The molecule has 2 aromatic carbocycles. The number of nitrogens with one attached hydrogen (secondary N) is 1. The SMILES string of the molecule is N#Cc1cc(-c2cc(F)cc(F)c2)c2c(c1)cc1n2CCNC1=O. The molecule has 118 valence electrons. The summed E-state index contributed by atoms with van der Waals surface area (Å²) in [7, 11) is 0. The number of amides is 1. The monoisotopic (exact) mass is 323 g/mol.